The molecule has 1 heterocycles. The first kappa shape index (κ1) is 15.3. The average molecular weight is 371 g/mol. The van der Waals surface area contributed by atoms with E-state index >= 15 is 0 Å². The van der Waals surface area contributed by atoms with Crippen LogP contribution in [0, 0.1) is 0 Å². The van der Waals surface area contributed by atoms with Crippen LogP contribution in [0.2, 0.25) is 0 Å². The summed E-state index contributed by atoms with van der Waals surface area (Å²) in [6, 6.07) is 0. The van der Waals surface area contributed by atoms with Gasteiger partial charge >= 0.3 is 6.36 Å². The molecule has 0 aliphatic carbocycles. The molecule has 1 rings (SSSR count). The van der Waals surface area contributed by atoms with Gasteiger partial charge in [0.15, 0.2) is 5.75 Å². The molecule has 0 unspecified atom stereocenters. The summed E-state index contributed by atoms with van der Waals surface area (Å²) >= 11 is 2.76. The first-order valence-corrected chi connectivity index (χ1v) is 7.09. The molecule has 18 heavy (non-hydrogen) atoms. The van der Waals surface area contributed by atoms with Crippen LogP contribution in [0.5, 0.6) is 11.6 Å². The van der Waals surface area contributed by atoms with Crippen molar-refractivity contribution in [2.24, 2.45) is 0 Å². The Morgan fingerprint density at radius 3 is 2.39 bits per heavy atom. The van der Waals surface area contributed by atoms with Crippen molar-refractivity contribution < 1.29 is 31.1 Å². The third-order valence-corrected chi connectivity index (χ3v) is 3.97. The van der Waals surface area contributed by atoms with Gasteiger partial charge in [-0.1, -0.05) is 0 Å². The Balaban J connectivity index is 3.39. The van der Waals surface area contributed by atoms with Gasteiger partial charge in [0.25, 0.3) is 14.9 Å². The Labute approximate surface area is 112 Å². The highest BCUT2D eigenvalue weighted by molar-refractivity contribution is 9.10. The van der Waals surface area contributed by atoms with Crippen LogP contribution in [-0.4, -0.2) is 26.9 Å². The number of hydrogen-bond acceptors (Lipinski definition) is 5. The second-order valence-corrected chi connectivity index (χ2v) is 6.09. The van der Waals surface area contributed by atoms with Crippen LogP contribution < -0.4 is 9.47 Å². The number of halogens is 5. The van der Waals surface area contributed by atoms with Crippen molar-refractivity contribution >= 4 is 35.7 Å². The molecule has 1 aromatic heterocycles. The van der Waals surface area contributed by atoms with Gasteiger partial charge in [0.2, 0.25) is 0 Å². The van der Waals surface area contributed by atoms with Gasteiger partial charge in [-0.15, -0.1) is 13.2 Å². The van der Waals surface area contributed by atoms with E-state index in [1.807, 2.05) is 0 Å². The van der Waals surface area contributed by atoms with Gasteiger partial charge in [0, 0.05) is 10.7 Å². The van der Waals surface area contributed by atoms with Gasteiger partial charge in [-0.2, -0.15) is 0 Å². The van der Waals surface area contributed by atoms with E-state index in [0.717, 1.165) is 7.11 Å². The minimum absolute atomic E-state index is 0.311. The van der Waals surface area contributed by atoms with E-state index in [1.54, 1.807) is 0 Å². The van der Waals surface area contributed by atoms with Crippen molar-refractivity contribution in [1.82, 2.24) is 4.98 Å². The molecule has 1 aromatic rings. The molecule has 102 valence electrons. The molecule has 0 spiro atoms. The maximum Gasteiger partial charge on any atom is 0.574 e. The van der Waals surface area contributed by atoms with Gasteiger partial charge < -0.3 is 9.47 Å². The highest BCUT2D eigenvalue weighted by Gasteiger charge is 2.35. The lowest BCUT2D eigenvalue weighted by Crippen LogP contribution is -2.18. The van der Waals surface area contributed by atoms with E-state index in [1.165, 1.54) is 0 Å². The second kappa shape index (κ2) is 5.10. The summed E-state index contributed by atoms with van der Waals surface area (Å²) in [7, 11) is 1.90. The van der Waals surface area contributed by atoms with Gasteiger partial charge in [-0.3, -0.25) is 0 Å². The Hall–Kier alpha value is -0.740. The summed E-state index contributed by atoms with van der Waals surface area (Å²) in [6.07, 6.45) is -4.36. The number of methoxy groups -OCH3 is 1. The van der Waals surface area contributed by atoms with Crippen LogP contribution in [0.25, 0.3) is 0 Å². The third kappa shape index (κ3) is 3.62. The summed E-state index contributed by atoms with van der Waals surface area (Å²) in [4.78, 5) is 2.67. The first-order valence-electron chi connectivity index (χ1n) is 3.99. The fourth-order valence-electron chi connectivity index (χ4n) is 0.968. The van der Waals surface area contributed by atoms with Crippen LogP contribution in [-0.2, 0) is 9.05 Å². The van der Waals surface area contributed by atoms with Crippen LogP contribution in [0.3, 0.4) is 0 Å². The fraction of sp³-hybridized carbons (Fsp3) is 0.286. The monoisotopic (exact) mass is 369 g/mol. The minimum Gasteiger partial charge on any atom is -0.490 e. The van der Waals surface area contributed by atoms with Crippen molar-refractivity contribution in [2.45, 2.75) is 11.3 Å². The molecule has 0 saturated heterocycles. The number of pyridine rings is 1. The van der Waals surface area contributed by atoms with Crippen LogP contribution in [0.4, 0.5) is 13.2 Å². The summed E-state index contributed by atoms with van der Waals surface area (Å²) in [5.74, 6) is -1.46. The first-order chi connectivity index (χ1) is 8.06. The molecule has 0 radical (unpaired) electrons. The third-order valence-electron chi connectivity index (χ3n) is 1.59. The molecule has 0 fully saturated rings. The lowest BCUT2D eigenvalue weighted by atomic mass is 10.4. The van der Waals surface area contributed by atoms with Gasteiger partial charge in [-0.25, -0.2) is 13.4 Å². The number of rotatable bonds is 3. The van der Waals surface area contributed by atoms with E-state index in [9.17, 15) is 21.6 Å². The molecule has 11 heteroatoms. The molecule has 0 bridgehead atoms. The Bertz CT molecular complexity index is 563. The summed E-state index contributed by atoms with van der Waals surface area (Å²) in [5, 5.41) is 0. The van der Waals surface area contributed by atoms with E-state index in [-0.39, 0.29) is 4.47 Å². The van der Waals surface area contributed by atoms with E-state index in [2.05, 4.69) is 30.4 Å². The molecule has 0 amide bonds. The highest BCUT2D eigenvalue weighted by atomic mass is 79.9. The van der Waals surface area contributed by atoms with Crippen LogP contribution in [0.1, 0.15) is 0 Å². The average Bonchev–Trinajstić information content (AvgIpc) is 2.13. The molecule has 0 saturated carbocycles. The van der Waals surface area contributed by atoms with Crippen LogP contribution >= 0.6 is 26.6 Å². The number of alkyl halides is 3. The summed E-state index contributed by atoms with van der Waals surface area (Å²) < 4.78 is 66.2. The zero-order valence-corrected chi connectivity index (χ0v) is 11.6. The normalized spacial score (nSPS) is 12.3. The van der Waals surface area contributed by atoms with Crippen molar-refractivity contribution in [3.63, 3.8) is 0 Å². The maximum atomic E-state index is 12.0. The SMILES string of the molecule is COc1c(OC(F)(F)F)ncc(S(=O)(=O)Cl)c1Br. The largest absolute Gasteiger partial charge is 0.574 e. The van der Waals surface area contributed by atoms with Gasteiger partial charge in [0.05, 0.1) is 17.8 Å². The molecule has 5 nitrogen and oxygen atoms in total. The minimum atomic E-state index is -4.99. The second-order valence-electron chi connectivity index (χ2n) is 2.76. The summed E-state index contributed by atoms with van der Waals surface area (Å²) in [6.45, 7) is 0. The number of ether oxygens (including phenoxy) is 2. The van der Waals surface area contributed by atoms with Crippen LogP contribution in [0.15, 0.2) is 15.6 Å². The van der Waals surface area contributed by atoms with E-state index in [0.29, 0.717) is 6.20 Å². The zero-order valence-electron chi connectivity index (χ0n) is 8.46. The number of hydrogen-bond donors (Lipinski definition) is 0. The fourth-order valence-corrected chi connectivity index (χ4v) is 3.16. The highest BCUT2D eigenvalue weighted by Crippen LogP contribution is 2.40. The Morgan fingerprint density at radius 2 is 2.00 bits per heavy atom. The quantitative estimate of drug-likeness (QED) is 0.766. The summed E-state index contributed by atoms with van der Waals surface area (Å²) in [5.41, 5.74) is 0. The molecular weight excluding hydrogens is 366 g/mol. The smallest absolute Gasteiger partial charge is 0.490 e. The van der Waals surface area contributed by atoms with E-state index < -0.39 is 31.9 Å². The lowest BCUT2D eigenvalue weighted by Gasteiger charge is -2.13. The lowest BCUT2D eigenvalue weighted by molar-refractivity contribution is -0.276. The predicted molar refractivity (Wildman–Crippen MR) is 58.2 cm³/mol. The Kier molecular flexibility index (Phi) is 4.34. The molecule has 0 aliphatic heterocycles. The molecular formula is C7H4BrClF3NO4S. The van der Waals surface area contributed by atoms with Crippen molar-refractivity contribution in [3.05, 3.63) is 10.7 Å². The van der Waals surface area contributed by atoms with Gasteiger partial charge in [0.1, 0.15) is 4.90 Å². The molecule has 0 N–H and O–H groups in total. The molecule has 0 atom stereocenters. The van der Waals surface area contributed by atoms with Gasteiger partial charge in [-0.05, 0) is 15.9 Å². The van der Waals surface area contributed by atoms with Crippen molar-refractivity contribution in [2.75, 3.05) is 7.11 Å². The van der Waals surface area contributed by atoms with Crippen molar-refractivity contribution in [3.8, 4) is 11.6 Å². The topological polar surface area (TPSA) is 65.5 Å². The van der Waals surface area contributed by atoms with Crippen molar-refractivity contribution in [1.29, 1.82) is 0 Å². The molecule has 0 aromatic carbocycles. The zero-order chi connectivity index (χ0) is 14.1. The number of aromatic nitrogens is 1. The molecule has 0 aliphatic rings. The maximum absolute atomic E-state index is 12.0. The Morgan fingerprint density at radius 1 is 1.44 bits per heavy atom. The number of nitrogens with zero attached hydrogens (tertiary/aromatic N) is 1. The van der Waals surface area contributed by atoms with E-state index in [4.69, 9.17) is 10.7 Å². The predicted octanol–water partition coefficient (Wildman–Crippen LogP) is 2.68. The standard InChI is InChI=1S/C7H4BrClF3NO4S/c1-16-5-4(8)3(18(9,14)15)2-13-6(5)17-7(10,11)12/h2H,1H3.